The maximum Gasteiger partial charge on any atom is 0.224 e. The molecule has 1 rings (SSSR count). The molecule has 0 saturated heterocycles. The minimum Gasteiger partial charge on any atom is -0.394 e. The van der Waals surface area contributed by atoms with E-state index < -0.39 is 5.54 Å². The zero-order valence-corrected chi connectivity index (χ0v) is 12.0. The molecule has 0 unspecified atom stereocenters. The highest BCUT2D eigenvalue weighted by atomic mass is 79.9. The van der Waals surface area contributed by atoms with Gasteiger partial charge in [-0.3, -0.25) is 4.79 Å². The second-order valence-electron chi connectivity index (χ2n) is 4.84. The highest BCUT2D eigenvalue weighted by Crippen LogP contribution is 2.16. The Balaban J connectivity index is 2.69. The Labute approximate surface area is 110 Å². The Morgan fingerprint density at radius 3 is 2.65 bits per heavy atom. The van der Waals surface area contributed by atoms with Crippen LogP contribution in [0.4, 0.5) is 0 Å². The van der Waals surface area contributed by atoms with Crippen molar-refractivity contribution in [3.05, 3.63) is 33.8 Å². The molecular weight excluding hydrogens is 282 g/mol. The third-order valence-electron chi connectivity index (χ3n) is 2.53. The van der Waals surface area contributed by atoms with Crippen LogP contribution in [0.15, 0.2) is 22.7 Å². The molecule has 3 nitrogen and oxygen atoms in total. The lowest BCUT2D eigenvalue weighted by molar-refractivity contribution is -0.122. The van der Waals surface area contributed by atoms with E-state index in [0.717, 1.165) is 15.6 Å². The number of aryl methyl sites for hydroxylation is 1. The molecule has 1 amide bonds. The molecule has 0 aliphatic carbocycles. The highest BCUT2D eigenvalue weighted by molar-refractivity contribution is 9.10. The lowest BCUT2D eigenvalue weighted by Gasteiger charge is -2.23. The number of aliphatic hydroxyl groups is 1. The number of aliphatic hydroxyl groups excluding tert-OH is 1. The van der Waals surface area contributed by atoms with Crippen molar-refractivity contribution >= 4 is 21.8 Å². The molecule has 1 aromatic rings. The summed E-state index contributed by atoms with van der Waals surface area (Å²) in [6, 6.07) is 5.84. The van der Waals surface area contributed by atoms with Gasteiger partial charge in [-0.2, -0.15) is 0 Å². The van der Waals surface area contributed by atoms with Gasteiger partial charge in [0.15, 0.2) is 0 Å². The summed E-state index contributed by atoms with van der Waals surface area (Å²) < 4.78 is 1.01. The van der Waals surface area contributed by atoms with Crippen LogP contribution in [0.3, 0.4) is 0 Å². The number of rotatable bonds is 4. The molecule has 17 heavy (non-hydrogen) atoms. The first kappa shape index (κ1) is 14.2. The van der Waals surface area contributed by atoms with Crippen LogP contribution in [0.5, 0.6) is 0 Å². The number of benzene rings is 1. The maximum absolute atomic E-state index is 11.8. The maximum atomic E-state index is 11.8. The quantitative estimate of drug-likeness (QED) is 0.895. The van der Waals surface area contributed by atoms with E-state index in [-0.39, 0.29) is 12.5 Å². The predicted octanol–water partition coefficient (Wildman–Crippen LogP) is 2.19. The molecule has 0 radical (unpaired) electrons. The van der Waals surface area contributed by atoms with Gasteiger partial charge in [-0.15, -0.1) is 0 Å². The predicted molar refractivity (Wildman–Crippen MR) is 71.9 cm³/mol. The normalized spacial score (nSPS) is 11.4. The van der Waals surface area contributed by atoms with E-state index >= 15 is 0 Å². The van der Waals surface area contributed by atoms with Crippen LogP contribution in [0.2, 0.25) is 0 Å². The number of halogens is 1. The molecule has 0 bridgehead atoms. The van der Waals surface area contributed by atoms with Gasteiger partial charge >= 0.3 is 0 Å². The molecule has 94 valence electrons. The van der Waals surface area contributed by atoms with Gasteiger partial charge in [-0.1, -0.05) is 22.0 Å². The van der Waals surface area contributed by atoms with E-state index in [1.807, 2.05) is 25.1 Å². The molecular formula is C13H18BrNO2. The Morgan fingerprint density at radius 1 is 1.47 bits per heavy atom. The van der Waals surface area contributed by atoms with E-state index in [1.165, 1.54) is 0 Å². The van der Waals surface area contributed by atoms with Gasteiger partial charge < -0.3 is 10.4 Å². The highest BCUT2D eigenvalue weighted by Gasteiger charge is 2.19. The Morgan fingerprint density at radius 2 is 2.12 bits per heavy atom. The molecule has 4 heteroatoms. The van der Waals surface area contributed by atoms with Crippen LogP contribution in [0.25, 0.3) is 0 Å². The minimum atomic E-state index is -0.569. The van der Waals surface area contributed by atoms with E-state index in [2.05, 4.69) is 21.2 Å². The first-order valence-electron chi connectivity index (χ1n) is 5.51. The second-order valence-corrected chi connectivity index (χ2v) is 5.75. The zero-order chi connectivity index (χ0) is 13.1. The number of nitrogens with one attached hydrogen (secondary N) is 1. The molecule has 0 fully saturated rings. The second kappa shape index (κ2) is 5.65. The molecule has 0 heterocycles. The largest absolute Gasteiger partial charge is 0.394 e. The van der Waals surface area contributed by atoms with Crippen LogP contribution in [0, 0.1) is 6.92 Å². The molecule has 0 atom stereocenters. The van der Waals surface area contributed by atoms with Crippen LogP contribution in [-0.4, -0.2) is 23.2 Å². The van der Waals surface area contributed by atoms with Crippen LogP contribution < -0.4 is 5.32 Å². The molecule has 1 aromatic carbocycles. The lowest BCUT2D eigenvalue weighted by Crippen LogP contribution is -2.46. The van der Waals surface area contributed by atoms with Crippen LogP contribution in [0.1, 0.15) is 25.0 Å². The number of amides is 1. The van der Waals surface area contributed by atoms with Gasteiger partial charge in [0.25, 0.3) is 0 Å². The van der Waals surface area contributed by atoms with Gasteiger partial charge in [0.2, 0.25) is 5.91 Å². The Hall–Kier alpha value is -0.870. The van der Waals surface area contributed by atoms with Gasteiger partial charge in [0, 0.05) is 4.47 Å². The summed E-state index contributed by atoms with van der Waals surface area (Å²) in [7, 11) is 0. The van der Waals surface area contributed by atoms with Crippen LogP contribution in [-0.2, 0) is 11.2 Å². The summed E-state index contributed by atoms with van der Waals surface area (Å²) in [5.74, 6) is -0.0746. The Bertz CT molecular complexity index is 416. The van der Waals surface area contributed by atoms with Gasteiger partial charge in [0.05, 0.1) is 18.6 Å². The summed E-state index contributed by atoms with van der Waals surface area (Å²) >= 11 is 3.39. The van der Waals surface area contributed by atoms with Crippen molar-refractivity contribution in [1.82, 2.24) is 5.32 Å². The summed E-state index contributed by atoms with van der Waals surface area (Å²) in [4.78, 5) is 11.8. The van der Waals surface area contributed by atoms with Crippen molar-refractivity contribution in [2.75, 3.05) is 6.61 Å². The standard InChI is InChI=1S/C13H18BrNO2/c1-9-6-11(14)5-4-10(9)7-12(17)15-13(2,3)8-16/h4-6,16H,7-8H2,1-3H3,(H,15,17). The van der Waals surface area contributed by atoms with E-state index in [1.54, 1.807) is 13.8 Å². The number of hydrogen-bond acceptors (Lipinski definition) is 2. The summed E-state index contributed by atoms with van der Waals surface area (Å²) in [6.45, 7) is 5.49. The lowest BCUT2D eigenvalue weighted by atomic mass is 10.0. The topological polar surface area (TPSA) is 49.3 Å². The van der Waals surface area contributed by atoms with Crippen molar-refractivity contribution in [2.24, 2.45) is 0 Å². The number of carbonyl (C=O) groups is 1. The van der Waals surface area contributed by atoms with E-state index in [9.17, 15) is 4.79 Å². The summed E-state index contributed by atoms with van der Waals surface area (Å²) in [6.07, 6.45) is 0.336. The van der Waals surface area contributed by atoms with E-state index in [4.69, 9.17) is 5.11 Å². The first-order chi connectivity index (χ1) is 7.84. The molecule has 0 aromatic heterocycles. The van der Waals surface area contributed by atoms with Crippen molar-refractivity contribution in [3.8, 4) is 0 Å². The van der Waals surface area contributed by atoms with Gasteiger partial charge in [-0.05, 0) is 44.0 Å². The SMILES string of the molecule is Cc1cc(Br)ccc1CC(=O)NC(C)(C)CO. The third-order valence-corrected chi connectivity index (χ3v) is 3.02. The minimum absolute atomic E-state index is 0.0714. The summed E-state index contributed by atoms with van der Waals surface area (Å²) in [5.41, 5.74) is 1.51. The molecule has 2 N–H and O–H groups in total. The van der Waals surface area contributed by atoms with Crippen molar-refractivity contribution < 1.29 is 9.90 Å². The first-order valence-corrected chi connectivity index (χ1v) is 6.30. The monoisotopic (exact) mass is 299 g/mol. The van der Waals surface area contributed by atoms with Gasteiger partial charge in [0.1, 0.15) is 0 Å². The van der Waals surface area contributed by atoms with Crippen LogP contribution >= 0.6 is 15.9 Å². The number of carbonyl (C=O) groups excluding carboxylic acids is 1. The van der Waals surface area contributed by atoms with Crippen molar-refractivity contribution in [3.63, 3.8) is 0 Å². The molecule has 0 aliphatic rings. The van der Waals surface area contributed by atoms with Crippen molar-refractivity contribution in [1.29, 1.82) is 0 Å². The average Bonchev–Trinajstić information content (AvgIpc) is 2.21. The Kier molecular flexibility index (Phi) is 4.71. The smallest absolute Gasteiger partial charge is 0.224 e. The fourth-order valence-corrected chi connectivity index (χ4v) is 1.97. The number of hydrogen-bond donors (Lipinski definition) is 2. The van der Waals surface area contributed by atoms with Gasteiger partial charge in [-0.25, -0.2) is 0 Å². The fourth-order valence-electron chi connectivity index (χ4n) is 1.49. The van der Waals surface area contributed by atoms with E-state index in [0.29, 0.717) is 6.42 Å². The molecule has 0 spiro atoms. The average molecular weight is 300 g/mol. The fraction of sp³-hybridized carbons (Fsp3) is 0.462. The summed E-state index contributed by atoms with van der Waals surface area (Å²) in [5, 5.41) is 11.9. The third kappa shape index (κ3) is 4.48. The van der Waals surface area contributed by atoms with Crippen molar-refractivity contribution in [2.45, 2.75) is 32.7 Å². The zero-order valence-electron chi connectivity index (χ0n) is 10.4. The molecule has 0 saturated carbocycles. The molecule has 0 aliphatic heterocycles.